The Morgan fingerprint density at radius 3 is 2.62 bits per heavy atom. The fourth-order valence-corrected chi connectivity index (χ4v) is 2.93. The van der Waals surface area contributed by atoms with Crippen LogP contribution in [0.5, 0.6) is 0 Å². The maximum absolute atomic E-state index is 4.42. The molecule has 0 bridgehead atoms. The molecule has 0 aromatic carbocycles. The van der Waals surface area contributed by atoms with Gasteiger partial charge in [-0.15, -0.1) is 0 Å². The minimum absolute atomic E-state index is 0.418. The zero-order valence-electron chi connectivity index (χ0n) is 13.9. The first-order chi connectivity index (χ1) is 10.2. The molecule has 1 fully saturated rings. The van der Waals surface area contributed by atoms with E-state index in [1.54, 1.807) is 0 Å². The number of aromatic nitrogens is 1. The quantitative estimate of drug-likeness (QED) is 0.717. The number of nitrogens with one attached hydrogen (secondary N) is 1. The highest BCUT2D eigenvalue weighted by Gasteiger charge is 2.30. The van der Waals surface area contributed by atoms with Gasteiger partial charge in [0.25, 0.3) is 0 Å². The van der Waals surface area contributed by atoms with Crippen molar-refractivity contribution >= 4 is 0 Å². The first-order valence-electron chi connectivity index (χ1n) is 8.49. The van der Waals surface area contributed by atoms with E-state index in [0.29, 0.717) is 5.41 Å². The van der Waals surface area contributed by atoms with Crippen molar-refractivity contribution in [2.75, 3.05) is 26.7 Å². The van der Waals surface area contributed by atoms with Gasteiger partial charge in [0.2, 0.25) is 0 Å². The van der Waals surface area contributed by atoms with Crippen molar-refractivity contribution in [2.45, 2.75) is 52.0 Å². The van der Waals surface area contributed by atoms with Crippen molar-refractivity contribution in [2.24, 2.45) is 5.41 Å². The molecule has 0 saturated heterocycles. The van der Waals surface area contributed by atoms with Gasteiger partial charge in [-0.2, -0.15) is 0 Å². The molecule has 1 N–H and O–H groups in total. The van der Waals surface area contributed by atoms with Crippen LogP contribution in [0.3, 0.4) is 0 Å². The standard InChI is InChI=1S/C18H31N3/c1-4-18(5-2,14-20-17-9-10-17)15-21(3)13-11-16-8-6-7-12-19-16/h6-8,12,17,20H,4-5,9-11,13-15H2,1-3H3. The predicted octanol–water partition coefficient (Wildman–Crippen LogP) is 3.11. The second kappa shape index (κ2) is 7.90. The Morgan fingerprint density at radius 1 is 1.29 bits per heavy atom. The van der Waals surface area contributed by atoms with Crippen LogP contribution in [0.2, 0.25) is 0 Å². The van der Waals surface area contributed by atoms with Crippen LogP contribution < -0.4 is 5.32 Å². The molecule has 118 valence electrons. The van der Waals surface area contributed by atoms with Crippen LogP contribution in [0.4, 0.5) is 0 Å². The highest BCUT2D eigenvalue weighted by Crippen LogP contribution is 2.29. The Labute approximate surface area is 130 Å². The van der Waals surface area contributed by atoms with Gasteiger partial charge in [0.15, 0.2) is 0 Å². The third-order valence-electron chi connectivity index (χ3n) is 4.92. The summed E-state index contributed by atoms with van der Waals surface area (Å²) in [5.74, 6) is 0. The maximum Gasteiger partial charge on any atom is 0.0416 e. The highest BCUT2D eigenvalue weighted by atomic mass is 15.1. The normalized spacial score (nSPS) is 15.6. The van der Waals surface area contributed by atoms with E-state index < -0.39 is 0 Å². The summed E-state index contributed by atoms with van der Waals surface area (Å²) in [5, 5.41) is 3.74. The molecule has 1 aliphatic carbocycles. The lowest BCUT2D eigenvalue weighted by molar-refractivity contribution is 0.155. The van der Waals surface area contributed by atoms with Gasteiger partial charge < -0.3 is 10.2 Å². The average molecular weight is 289 g/mol. The molecule has 0 atom stereocenters. The van der Waals surface area contributed by atoms with Gasteiger partial charge in [0.05, 0.1) is 0 Å². The van der Waals surface area contributed by atoms with Crippen LogP contribution in [0, 0.1) is 5.41 Å². The molecule has 0 spiro atoms. The molecule has 0 amide bonds. The monoisotopic (exact) mass is 289 g/mol. The Morgan fingerprint density at radius 2 is 2.05 bits per heavy atom. The van der Waals surface area contributed by atoms with Gasteiger partial charge in [-0.05, 0) is 50.3 Å². The largest absolute Gasteiger partial charge is 0.313 e. The zero-order valence-corrected chi connectivity index (χ0v) is 13.9. The van der Waals surface area contributed by atoms with Gasteiger partial charge in [0.1, 0.15) is 0 Å². The lowest BCUT2D eigenvalue weighted by Gasteiger charge is -2.36. The first kappa shape index (κ1) is 16.4. The summed E-state index contributed by atoms with van der Waals surface area (Å²) in [5.41, 5.74) is 1.61. The fourth-order valence-electron chi connectivity index (χ4n) is 2.93. The molecule has 3 heteroatoms. The lowest BCUT2D eigenvalue weighted by atomic mass is 9.81. The number of nitrogens with zero attached hydrogens (tertiary/aromatic N) is 2. The van der Waals surface area contributed by atoms with E-state index in [0.717, 1.165) is 19.0 Å². The maximum atomic E-state index is 4.42. The minimum Gasteiger partial charge on any atom is -0.313 e. The lowest BCUT2D eigenvalue weighted by Crippen LogP contribution is -2.43. The summed E-state index contributed by atoms with van der Waals surface area (Å²) in [7, 11) is 2.25. The average Bonchev–Trinajstić information content (AvgIpc) is 3.35. The van der Waals surface area contributed by atoms with Crippen LogP contribution in [0.1, 0.15) is 45.2 Å². The Bertz CT molecular complexity index is 396. The van der Waals surface area contributed by atoms with E-state index >= 15 is 0 Å². The number of rotatable bonds is 10. The molecule has 3 nitrogen and oxygen atoms in total. The smallest absolute Gasteiger partial charge is 0.0416 e. The molecule has 2 rings (SSSR count). The van der Waals surface area contributed by atoms with E-state index in [2.05, 4.69) is 48.2 Å². The van der Waals surface area contributed by atoms with E-state index in [1.165, 1.54) is 44.5 Å². The van der Waals surface area contributed by atoms with Crippen molar-refractivity contribution in [1.82, 2.24) is 15.2 Å². The number of hydrogen-bond donors (Lipinski definition) is 1. The fraction of sp³-hybridized carbons (Fsp3) is 0.722. The molecule has 0 unspecified atom stereocenters. The van der Waals surface area contributed by atoms with Crippen LogP contribution >= 0.6 is 0 Å². The Balaban J connectivity index is 1.80. The summed E-state index contributed by atoms with van der Waals surface area (Å²) < 4.78 is 0. The zero-order chi connectivity index (χ0) is 15.1. The summed E-state index contributed by atoms with van der Waals surface area (Å²) in [6.07, 6.45) is 8.17. The van der Waals surface area contributed by atoms with Gasteiger partial charge in [-0.1, -0.05) is 19.9 Å². The minimum atomic E-state index is 0.418. The Kier molecular flexibility index (Phi) is 6.19. The van der Waals surface area contributed by atoms with Crippen molar-refractivity contribution < 1.29 is 0 Å². The van der Waals surface area contributed by atoms with Crippen LogP contribution in [0.15, 0.2) is 24.4 Å². The van der Waals surface area contributed by atoms with Crippen LogP contribution in [0.25, 0.3) is 0 Å². The van der Waals surface area contributed by atoms with Gasteiger partial charge in [0, 0.05) is 44.0 Å². The predicted molar refractivity (Wildman–Crippen MR) is 89.5 cm³/mol. The van der Waals surface area contributed by atoms with E-state index in [4.69, 9.17) is 0 Å². The molecular formula is C18H31N3. The van der Waals surface area contributed by atoms with E-state index in [-0.39, 0.29) is 0 Å². The van der Waals surface area contributed by atoms with Gasteiger partial charge >= 0.3 is 0 Å². The van der Waals surface area contributed by atoms with Gasteiger partial charge in [-0.25, -0.2) is 0 Å². The Hall–Kier alpha value is -0.930. The number of hydrogen-bond acceptors (Lipinski definition) is 3. The molecule has 1 saturated carbocycles. The third kappa shape index (κ3) is 5.40. The van der Waals surface area contributed by atoms with Crippen LogP contribution in [-0.2, 0) is 6.42 Å². The van der Waals surface area contributed by atoms with Crippen molar-refractivity contribution in [3.63, 3.8) is 0 Å². The van der Waals surface area contributed by atoms with Gasteiger partial charge in [-0.3, -0.25) is 4.98 Å². The van der Waals surface area contributed by atoms with E-state index in [9.17, 15) is 0 Å². The summed E-state index contributed by atoms with van der Waals surface area (Å²) in [6.45, 7) is 8.10. The molecular weight excluding hydrogens is 258 g/mol. The second-order valence-corrected chi connectivity index (χ2v) is 6.67. The van der Waals surface area contributed by atoms with Crippen molar-refractivity contribution in [1.29, 1.82) is 0 Å². The molecule has 1 aromatic heterocycles. The highest BCUT2D eigenvalue weighted by molar-refractivity contribution is 5.03. The molecule has 0 aliphatic heterocycles. The summed E-state index contributed by atoms with van der Waals surface area (Å²) in [4.78, 5) is 6.90. The first-order valence-corrected chi connectivity index (χ1v) is 8.49. The number of likely N-dealkylation sites (N-methyl/N-ethyl adjacent to an activating group) is 1. The second-order valence-electron chi connectivity index (χ2n) is 6.67. The van der Waals surface area contributed by atoms with Crippen molar-refractivity contribution in [3.8, 4) is 0 Å². The van der Waals surface area contributed by atoms with Crippen molar-refractivity contribution in [3.05, 3.63) is 30.1 Å². The molecule has 21 heavy (non-hydrogen) atoms. The molecule has 1 heterocycles. The third-order valence-corrected chi connectivity index (χ3v) is 4.92. The summed E-state index contributed by atoms with van der Waals surface area (Å²) in [6, 6.07) is 6.98. The molecule has 1 aromatic rings. The molecule has 1 aliphatic rings. The summed E-state index contributed by atoms with van der Waals surface area (Å²) >= 11 is 0. The van der Waals surface area contributed by atoms with Crippen LogP contribution in [-0.4, -0.2) is 42.6 Å². The molecule has 0 radical (unpaired) electrons. The topological polar surface area (TPSA) is 28.2 Å². The van der Waals surface area contributed by atoms with E-state index in [1.807, 2.05) is 12.3 Å². The number of pyridine rings is 1. The SMILES string of the molecule is CCC(CC)(CNC1CC1)CN(C)CCc1ccccn1.